The van der Waals surface area contributed by atoms with Crippen molar-refractivity contribution in [3.05, 3.63) is 0 Å². The Morgan fingerprint density at radius 3 is 0.677 bits per heavy atom. The summed E-state index contributed by atoms with van der Waals surface area (Å²) in [6.45, 7) is 4.61. The zero-order chi connectivity index (χ0) is 22.5. The van der Waals surface area contributed by atoms with Crippen molar-refractivity contribution in [1.82, 2.24) is 0 Å². The second-order valence-corrected chi connectivity index (χ2v) is 11.7. The fourth-order valence-electron chi connectivity index (χ4n) is 4.66. The maximum absolute atomic E-state index is 2.31. The molecular weight excluding hydrogens is 388 g/mol. The van der Waals surface area contributed by atoms with Gasteiger partial charge in [-0.05, 0) is 0 Å². The molecular formula is C30H62Si. The van der Waals surface area contributed by atoms with Gasteiger partial charge in [-0.3, -0.25) is 0 Å². The summed E-state index contributed by atoms with van der Waals surface area (Å²) in [5, 5.41) is 0. The monoisotopic (exact) mass is 450 g/mol. The molecule has 0 fully saturated rings. The molecule has 0 aromatic carbocycles. The summed E-state index contributed by atoms with van der Waals surface area (Å²) in [7, 11) is 1.26. The van der Waals surface area contributed by atoms with Crippen LogP contribution in [0.4, 0.5) is 0 Å². The second-order valence-electron chi connectivity index (χ2n) is 10.2. The largest absolute Gasteiger partial charge is 0.0654 e. The molecule has 2 radical (unpaired) electrons. The van der Waals surface area contributed by atoms with Gasteiger partial charge < -0.3 is 0 Å². The summed E-state index contributed by atoms with van der Waals surface area (Å²) in [4.78, 5) is 0. The molecule has 0 unspecified atom stereocenters. The van der Waals surface area contributed by atoms with Crippen LogP contribution in [0, 0.1) is 0 Å². The molecule has 0 aliphatic rings. The minimum absolute atomic E-state index is 1.26. The Bertz CT molecular complexity index is 260. The van der Waals surface area contributed by atoms with E-state index in [1.54, 1.807) is 0 Å². The van der Waals surface area contributed by atoms with E-state index in [9.17, 15) is 0 Å². The van der Waals surface area contributed by atoms with Gasteiger partial charge in [-0.15, -0.1) is 0 Å². The standard InChI is InChI=1S/C30H62Si/c1-3-5-7-9-11-13-15-17-19-21-23-25-27-29-31-30-28-26-24-22-20-18-16-14-12-10-8-6-4-2/h3-30H2,1-2H3. The van der Waals surface area contributed by atoms with Gasteiger partial charge in [0.15, 0.2) is 0 Å². The molecule has 0 rings (SSSR count). The molecule has 0 aromatic rings. The maximum Gasteiger partial charge on any atom is 0.0378 e. The summed E-state index contributed by atoms with van der Waals surface area (Å²) in [6, 6.07) is 3.05. The lowest BCUT2D eigenvalue weighted by Gasteiger charge is -2.04. The van der Waals surface area contributed by atoms with Crippen LogP contribution in [0.5, 0.6) is 0 Å². The number of unbranched alkanes of at least 4 members (excludes halogenated alkanes) is 24. The van der Waals surface area contributed by atoms with E-state index < -0.39 is 0 Å². The van der Waals surface area contributed by atoms with Crippen LogP contribution < -0.4 is 0 Å². The average Bonchev–Trinajstić information content (AvgIpc) is 2.78. The van der Waals surface area contributed by atoms with Gasteiger partial charge in [0.2, 0.25) is 0 Å². The lowest BCUT2D eigenvalue weighted by Crippen LogP contribution is -1.90. The summed E-state index contributed by atoms with van der Waals surface area (Å²) in [5.41, 5.74) is 0. The molecule has 31 heavy (non-hydrogen) atoms. The predicted molar refractivity (Wildman–Crippen MR) is 147 cm³/mol. The quantitative estimate of drug-likeness (QED) is 0.0820. The van der Waals surface area contributed by atoms with E-state index in [0.717, 1.165) is 0 Å². The highest BCUT2D eigenvalue weighted by molar-refractivity contribution is 6.35. The topological polar surface area (TPSA) is 0 Å². The zero-order valence-electron chi connectivity index (χ0n) is 22.3. The summed E-state index contributed by atoms with van der Waals surface area (Å²) < 4.78 is 0. The Kier molecular flexibility index (Phi) is 30.4. The fraction of sp³-hybridized carbons (Fsp3) is 1.00. The molecule has 0 spiro atoms. The third-order valence-corrected chi connectivity index (χ3v) is 8.33. The predicted octanol–water partition coefficient (Wildman–Crippen LogP) is 11.7. The van der Waals surface area contributed by atoms with E-state index in [0.29, 0.717) is 0 Å². The highest BCUT2D eigenvalue weighted by Crippen LogP contribution is 2.15. The maximum atomic E-state index is 2.31. The van der Waals surface area contributed by atoms with Crippen molar-refractivity contribution in [2.75, 3.05) is 0 Å². The number of hydrogen-bond donors (Lipinski definition) is 0. The van der Waals surface area contributed by atoms with Crippen LogP contribution in [0.1, 0.15) is 181 Å². The third-order valence-electron chi connectivity index (χ3n) is 6.91. The normalized spacial score (nSPS) is 11.4. The molecule has 186 valence electrons. The van der Waals surface area contributed by atoms with Crippen LogP contribution in [-0.2, 0) is 0 Å². The first-order valence-corrected chi connectivity index (χ1v) is 16.5. The minimum atomic E-state index is 1.26. The van der Waals surface area contributed by atoms with E-state index >= 15 is 0 Å². The SMILES string of the molecule is CCCCCCCCCCCCCCC[Si]CCCCCCCCCCCCCCC. The van der Waals surface area contributed by atoms with Gasteiger partial charge in [0.1, 0.15) is 0 Å². The molecule has 0 amide bonds. The van der Waals surface area contributed by atoms with Gasteiger partial charge in [-0.25, -0.2) is 0 Å². The Hall–Kier alpha value is 0.217. The first kappa shape index (κ1) is 31.2. The Morgan fingerprint density at radius 2 is 0.452 bits per heavy atom. The molecule has 0 heterocycles. The van der Waals surface area contributed by atoms with Gasteiger partial charge in [0.05, 0.1) is 0 Å². The van der Waals surface area contributed by atoms with E-state index in [-0.39, 0.29) is 0 Å². The second kappa shape index (κ2) is 30.2. The van der Waals surface area contributed by atoms with Gasteiger partial charge in [0.25, 0.3) is 0 Å². The van der Waals surface area contributed by atoms with E-state index in [2.05, 4.69) is 13.8 Å². The molecule has 0 aromatic heterocycles. The lowest BCUT2D eigenvalue weighted by molar-refractivity contribution is 0.541. The molecule has 0 bridgehead atoms. The van der Waals surface area contributed by atoms with Crippen LogP contribution in [0.15, 0.2) is 0 Å². The highest BCUT2D eigenvalue weighted by Gasteiger charge is 1.97. The van der Waals surface area contributed by atoms with E-state index in [1.165, 1.54) is 189 Å². The van der Waals surface area contributed by atoms with Gasteiger partial charge >= 0.3 is 0 Å². The van der Waals surface area contributed by atoms with Gasteiger partial charge in [-0.1, -0.05) is 193 Å². The van der Waals surface area contributed by atoms with Crippen molar-refractivity contribution in [1.29, 1.82) is 0 Å². The lowest BCUT2D eigenvalue weighted by atomic mass is 10.0. The minimum Gasteiger partial charge on any atom is -0.0654 e. The Morgan fingerprint density at radius 1 is 0.258 bits per heavy atom. The van der Waals surface area contributed by atoms with Crippen LogP contribution in [0.3, 0.4) is 0 Å². The molecule has 1 heteroatoms. The number of rotatable bonds is 28. The number of hydrogen-bond acceptors (Lipinski definition) is 0. The summed E-state index contributed by atoms with van der Waals surface area (Å²) in [5.74, 6) is 0. The average molecular weight is 451 g/mol. The van der Waals surface area contributed by atoms with Crippen LogP contribution in [0.2, 0.25) is 12.1 Å². The molecule has 0 N–H and O–H groups in total. The van der Waals surface area contributed by atoms with Crippen molar-refractivity contribution < 1.29 is 0 Å². The van der Waals surface area contributed by atoms with E-state index in [4.69, 9.17) is 0 Å². The molecule has 0 saturated carbocycles. The summed E-state index contributed by atoms with van der Waals surface area (Å²) in [6.07, 6.45) is 38.5. The molecule has 0 saturated heterocycles. The van der Waals surface area contributed by atoms with Crippen LogP contribution in [-0.4, -0.2) is 9.52 Å². The van der Waals surface area contributed by atoms with Crippen molar-refractivity contribution in [3.63, 3.8) is 0 Å². The Labute approximate surface area is 202 Å². The van der Waals surface area contributed by atoms with Gasteiger partial charge in [0, 0.05) is 9.52 Å². The molecule has 0 nitrogen and oxygen atoms in total. The van der Waals surface area contributed by atoms with Gasteiger partial charge in [-0.2, -0.15) is 0 Å². The van der Waals surface area contributed by atoms with Crippen LogP contribution in [0.25, 0.3) is 0 Å². The smallest absolute Gasteiger partial charge is 0.0378 e. The molecule has 0 aliphatic carbocycles. The molecule has 0 atom stereocenters. The van der Waals surface area contributed by atoms with Crippen molar-refractivity contribution in [2.24, 2.45) is 0 Å². The highest BCUT2D eigenvalue weighted by atomic mass is 28.2. The van der Waals surface area contributed by atoms with E-state index in [1.807, 2.05) is 0 Å². The fourth-order valence-corrected chi connectivity index (χ4v) is 5.91. The summed E-state index contributed by atoms with van der Waals surface area (Å²) >= 11 is 0. The van der Waals surface area contributed by atoms with Crippen LogP contribution >= 0.6 is 0 Å². The first-order valence-electron chi connectivity index (χ1n) is 15.1. The first-order chi connectivity index (χ1) is 15.4. The van der Waals surface area contributed by atoms with Crippen molar-refractivity contribution >= 4 is 9.52 Å². The third kappa shape index (κ3) is 30.2. The zero-order valence-corrected chi connectivity index (χ0v) is 23.3. The van der Waals surface area contributed by atoms with Crippen molar-refractivity contribution in [2.45, 2.75) is 193 Å². The molecule has 0 aliphatic heterocycles. The Balaban J connectivity index is 2.98. The van der Waals surface area contributed by atoms with Crippen molar-refractivity contribution in [3.8, 4) is 0 Å².